The molecule has 29 heavy (non-hydrogen) atoms. The van der Waals surface area contributed by atoms with E-state index in [1.165, 1.54) is 0 Å². The van der Waals surface area contributed by atoms with Crippen LogP contribution in [-0.2, 0) is 25.5 Å². The van der Waals surface area contributed by atoms with Crippen LogP contribution in [0, 0.1) is 17.3 Å². The van der Waals surface area contributed by atoms with Crippen molar-refractivity contribution in [3.63, 3.8) is 0 Å². The summed E-state index contributed by atoms with van der Waals surface area (Å²) in [7, 11) is 0. The smallest absolute Gasteiger partial charge is 0.336 e. The van der Waals surface area contributed by atoms with E-state index in [9.17, 15) is 14.4 Å². The Morgan fingerprint density at radius 3 is 2.34 bits per heavy atom. The number of amides is 1. The average Bonchev–Trinajstić information content (AvgIpc) is 2.66. The molecule has 3 atom stereocenters. The molecule has 4 aliphatic rings. The van der Waals surface area contributed by atoms with Crippen LogP contribution in [0.25, 0.3) is 0 Å². The molecule has 0 aromatic heterocycles. The summed E-state index contributed by atoms with van der Waals surface area (Å²) in [6, 6.07) is 8.32. The van der Waals surface area contributed by atoms with E-state index >= 15 is 0 Å². The van der Waals surface area contributed by atoms with Crippen LogP contribution in [0.5, 0.6) is 0 Å². The van der Waals surface area contributed by atoms with Crippen molar-refractivity contribution in [3.05, 3.63) is 35.9 Å². The second-order valence-electron chi connectivity index (χ2n) is 9.33. The van der Waals surface area contributed by atoms with Crippen LogP contribution in [0.1, 0.15) is 44.1 Å². The van der Waals surface area contributed by atoms with Gasteiger partial charge < -0.3 is 21.5 Å². The van der Waals surface area contributed by atoms with Crippen molar-refractivity contribution in [2.75, 3.05) is 6.54 Å². The zero-order chi connectivity index (χ0) is 20.6. The highest BCUT2D eigenvalue weighted by Gasteiger charge is 2.60. The zero-order valence-electron chi connectivity index (χ0n) is 16.6. The third-order valence-corrected chi connectivity index (χ3v) is 6.82. The first-order valence-corrected chi connectivity index (χ1v) is 10.4. The second-order valence-corrected chi connectivity index (χ2v) is 9.33. The van der Waals surface area contributed by atoms with Crippen LogP contribution >= 0.6 is 0 Å². The standard InChI is InChI=1S/C22H29N3O4/c23-12-18(26)25-17(7-14-4-2-1-3-5-14)19(27)29-20(28)21-8-15-6-16(9-21)11-22(24,10-15)13-21/h1-5,15-17H,6-13,23-24H2,(H,25,26)/t15?,16?,17-,21?,22?/m0/s1. The molecular formula is C22H29N3O4. The van der Waals surface area contributed by atoms with Crippen molar-refractivity contribution < 1.29 is 19.1 Å². The van der Waals surface area contributed by atoms with Crippen molar-refractivity contribution in [1.82, 2.24) is 5.32 Å². The maximum Gasteiger partial charge on any atom is 0.336 e. The molecule has 0 spiro atoms. The van der Waals surface area contributed by atoms with Gasteiger partial charge in [-0.2, -0.15) is 0 Å². The number of esters is 2. The number of rotatable bonds is 6. The molecule has 0 radical (unpaired) electrons. The van der Waals surface area contributed by atoms with E-state index in [-0.39, 0.29) is 18.5 Å². The van der Waals surface area contributed by atoms with Gasteiger partial charge in [0, 0.05) is 12.0 Å². The summed E-state index contributed by atoms with van der Waals surface area (Å²) in [6.45, 7) is -0.241. The molecule has 4 bridgehead atoms. The maximum absolute atomic E-state index is 13.1. The Morgan fingerprint density at radius 1 is 1.10 bits per heavy atom. The van der Waals surface area contributed by atoms with Crippen molar-refractivity contribution >= 4 is 17.8 Å². The van der Waals surface area contributed by atoms with Crippen LogP contribution in [-0.4, -0.2) is 36.0 Å². The quantitative estimate of drug-likeness (QED) is 0.485. The van der Waals surface area contributed by atoms with Gasteiger partial charge in [-0.15, -0.1) is 0 Å². The molecule has 0 heterocycles. The van der Waals surface area contributed by atoms with E-state index < -0.39 is 29.3 Å². The monoisotopic (exact) mass is 399 g/mol. The summed E-state index contributed by atoms with van der Waals surface area (Å²) in [5.41, 5.74) is 11.8. The van der Waals surface area contributed by atoms with Crippen molar-refractivity contribution in [2.24, 2.45) is 28.7 Å². The number of nitrogens with two attached hydrogens (primary N) is 2. The molecular weight excluding hydrogens is 370 g/mol. The van der Waals surface area contributed by atoms with Crippen molar-refractivity contribution in [2.45, 2.75) is 56.5 Å². The van der Waals surface area contributed by atoms with Crippen LogP contribution < -0.4 is 16.8 Å². The van der Waals surface area contributed by atoms with E-state index in [0.29, 0.717) is 18.3 Å². The van der Waals surface area contributed by atoms with Gasteiger partial charge in [-0.1, -0.05) is 30.3 Å². The van der Waals surface area contributed by atoms with Gasteiger partial charge >= 0.3 is 11.9 Å². The average molecular weight is 399 g/mol. The molecule has 1 aromatic carbocycles. The fourth-order valence-electron chi connectivity index (χ4n) is 6.14. The van der Waals surface area contributed by atoms with E-state index in [1.807, 2.05) is 30.3 Å². The lowest BCUT2D eigenvalue weighted by atomic mass is 9.47. The van der Waals surface area contributed by atoms with Gasteiger partial charge in [-0.3, -0.25) is 9.59 Å². The molecule has 7 heteroatoms. The van der Waals surface area contributed by atoms with Crippen LogP contribution in [0.3, 0.4) is 0 Å². The Balaban J connectivity index is 1.48. The fraction of sp³-hybridized carbons (Fsp3) is 0.591. The summed E-state index contributed by atoms with van der Waals surface area (Å²) < 4.78 is 5.37. The van der Waals surface area contributed by atoms with Gasteiger partial charge in [-0.25, -0.2) is 4.79 Å². The highest BCUT2D eigenvalue weighted by molar-refractivity contribution is 5.94. The maximum atomic E-state index is 13.1. The van der Waals surface area contributed by atoms with Crippen LogP contribution in [0.15, 0.2) is 30.3 Å². The van der Waals surface area contributed by atoms with E-state index in [2.05, 4.69) is 5.32 Å². The van der Waals surface area contributed by atoms with E-state index in [0.717, 1.165) is 37.7 Å². The first kappa shape index (κ1) is 20.0. The molecule has 0 saturated heterocycles. The number of carbonyl (C=O) groups is 3. The fourth-order valence-corrected chi connectivity index (χ4v) is 6.14. The van der Waals surface area contributed by atoms with Crippen LogP contribution in [0.4, 0.5) is 0 Å². The van der Waals surface area contributed by atoms with Gasteiger partial charge in [0.15, 0.2) is 0 Å². The molecule has 0 aliphatic heterocycles. The lowest BCUT2D eigenvalue weighted by Crippen LogP contribution is -2.62. The number of ether oxygens (including phenoxy) is 1. The molecule has 4 saturated carbocycles. The van der Waals surface area contributed by atoms with Crippen molar-refractivity contribution in [3.8, 4) is 0 Å². The molecule has 7 nitrogen and oxygen atoms in total. The summed E-state index contributed by atoms with van der Waals surface area (Å²) in [4.78, 5) is 37.8. The highest BCUT2D eigenvalue weighted by atomic mass is 16.6. The van der Waals surface area contributed by atoms with Gasteiger partial charge in [0.2, 0.25) is 5.91 Å². The Morgan fingerprint density at radius 2 is 1.76 bits per heavy atom. The van der Waals surface area contributed by atoms with Crippen molar-refractivity contribution in [1.29, 1.82) is 0 Å². The summed E-state index contributed by atoms with van der Waals surface area (Å²) in [5, 5.41) is 2.59. The molecule has 4 fully saturated rings. The summed E-state index contributed by atoms with van der Waals surface area (Å²) in [6.07, 6.45) is 5.33. The highest BCUT2D eigenvalue weighted by Crippen LogP contribution is 2.61. The summed E-state index contributed by atoms with van der Waals surface area (Å²) in [5.74, 6) is -0.818. The van der Waals surface area contributed by atoms with Gasteiger partial charge in [0.25, 0.3) is 0 Å². The molecule has 1 aromatic rings. The number of hydrogen-bond acceptors (Lipinski definition) is 6. The minimum absolute atomic E-state index is 0.234. The molecule has 1 amide bonds. The third kappa shape index (κ3) is 4.07. The minimum Gasteiger partial charge on any atom is -0.391 e. The number of benzene rings is 1. The summed E-state index contributed by atoms with van der Waals surface area (Å²) >= 11 is 0. The third-order valence-electron chi connectivity index (χ3n) is 6.82. The normalized spacial score (nSPS) is 33.2. The first-order chi connectivity index (χ1) is 13.8. The Hall–Kier alpha value is -2.25. The zero-order valence-corrected chi connectivity index (χ0v) is 16.6. The van der Waals surface area contributed by atoms with Gasteiger partial charge in [0.05, 0.1) is 12.0 Å². The Kier molecular flexibility index (Phi) is 5.21. The molecule has 5 rings (SSSR count). The molecule has 5 N–H and O–H groups in total. The lowest BCUT2D eigenvalue weighted by molar-refractivity contribution is -0.181. The predicted octanol–water partition coefficient (Wildman–Crippen LogP) is 1.04. The van der Waals surface area contributed by atoms with Crippen LogP contribution in [0.2, 0.25) is 0 Å². The lowest BCUT2D eigenvalue weighted by Gasteiger charge is -2.59. The SMILES string of the molecule is NCC(=O)N[C@@H](Cc1ccccc1)C(=O)OC(=O)C12CC3CC(CC(N)(C3)C1)C2. The number of nitrogens with one attached hydrogen (secondary N) is 1. The first-order valence-electron chi connectivity index (χ1n) is 10.4. The second kappa shape index (κ2) is 7.54. The molecule has 4 aliphatic carbocycles. The van der Waals surface area contributed by atoms with E-state index in [4.69, 9.17) is 16.2 Å². The largest absolute Gasteiger partial charge is 0.391 e. The number of hydrogen-bond donors (Lipinski definition) is 3. The molecule has 156 valence electrons. The Bertz CT molecular complexity index is 796. The molecule has 2 unspecified atom stereocenters. The Labute approximate surface area is 170 Å². The minimum atomic E-state index is -0.960. The topological polar surface area (TPSA) is 125 Å². The van der Waals surface area contributed by atoms with Gasteiger partial charge in [0.1, 0.15) is 6.04 Å². The number of carbonyl (C=O) groups excluding carboxylic acids is 3. The predicted molar refractivity (Wildman–Crippen MR) is 106 cm³/mol. The van der Waals surface area contributed by atoms with E-state index in [1.54, 1.807) is 0 Å². The van der Waals surface area contributed by atoms with Gasteiger partial charge in [-0.05, 0) is 55.9 Å².